The topological polar surface area (TPSA) is 104 Å². The molecule has 9 nitrogen and oxygen atoms in total. The maximum absolute atomic E-state index is 15.5. The molecule has 2 aromatic carbocycles. The fraction of sp³-hybridized carbons (Fsp3) is 0.241. The van der Waals surface area contributed by atoms with E-state index in [4.69, 9.17) is 16.3 Å². The molecular weight excluding hydrogens is 573 g/mol. The van der Waals surface area contributed by atoms with Crippen LogP contribution in [0.1, 0.15) is 19.0 Å². The molecule has 2 N–H and O–H groups in total. The number of hydrogen-bond donors (Lipinski definition) is 2. The Labute approximate surface area is 243 Å². The van der Waals surface area contributed by atoms with E-state index >= 15 is 8.78 Å². The molecule has 0 saturated carbocycles. The number of carbonyl (C=O) groups excluding carboxylic acids is 1. The summed E-state index contributed by atoms with van der Waals surface area (Å²) in [7, 11) is 0. The van der Waals surface area contributed by atoms with Crippen LogP contribution in [-0.4, -0.2) is 56.7 Å². The number of aliphatic hydroxyl groups is 1. The van der Waals surface area contributed by atoms with Crippen LogP contribution < -0.4 is 15.0 Å². The lowest BCUT2D eigenvalue weighted by Gasteiger charge is -2.34. The van der Waals surface area contributed by atoms with Crippen LogP contribution in [0.2, 0.25) is 5.02 Å². The van der Waals surface area contributed by atoms with Crippen molar-refractivity contribution >= 4 is 39.8 Å². The highest BCUT2D eigenvalue weighted by Gasteiger charge is 2.35. The second-order valence-corrected chi connectivity index (χ2v) is 10.4. The van der Waals surface area contributed by atoms with Crippen molar-refractivity contribution < 1.29 is 27.8 Å². The average Bonchev–Trinajstić information content (AvgIpc) is 3.30. The van der Waals surface area contributed by atoms with Crippen molar-refractivity contribution in [1.29, 1.82) is 0 Å². The molecule has 0 bridgehead atoms. The Morgan fingerprint density at radius 2 is 1.95 bits per heavy atom. The molecule has 4 heterocycles. The highest BCUT2D eigenvalue weighted by Crippen LogP contribution is 2.46. The molecule has 2 aromatic heterocycles. The van der Waals surface area contributed by atoms with Gasteiger partial charge in [0.05, 0.1) is 52.2 Å². The minimum Gasteiger partial charge on any atom is -0.424 e. The van der Waals surface area contributed by atoms with Gasteiger partial charge >= 0.3 is 6.01 Å². The molecular formula is C29H24ClF3N6O3. The summed E-state index contributed by atoms with van der Waals surface area (Å²) in [5, 5.41) is 13.2. The number of amides is 1. The summed E-state index contributed by atoms with van der Waals surface area (Å²) in [5.74, 6) is -1.88. The number of anilines is 2. The number of aryl methyl sites for hydroxylation is 1. The van der Waals surface area contributed by atoms with E-state index in [9.17, 15) is 14.3 Å². The lowest BCUT2D eigenvalue weighted by molar-refractivity contribution is -0.134. The monoisotopic (exact) mass is 596 g/mol. The van der Waals surface area contributed by atoms with Gasteiger partial charge < -0.3 is 25.0 Å². The van der Waals surface area contributed by atoms with Gasteiger partial charge in [-0.15, -0.1) is 0 Å². The van der Waals surface area contributed by atoms with Crippen molar-refractivity contribution in [2.45, 2.75) is 26.4 Å². The molecule has 1 amide bonds. The van der Waals surface area contributed by atoms with Crippen LogP contribution in [-0.2, 0) is 4.79 Å². The molecule has 13 heteroatoms. The lowest BCUT2D eigenvalue weighted by Crippen LogP contribution is -2.42. The quantitative estimate of drug-likeness (QED) is 0.302. The van der Waals surface area contributed by atoms with E-state index in [0.29, 0.717) is 33.5 Å². The third kappa shape index (κ3) is 4.86. The molecule has 42 heavy (non-hydrogen) atoms. The van der Waals surface area contributed by atoms with E-state index < -0.39 is 30.0 Å². The van der Waals surface area contributed by atoms with Crippen LogP contribution in [0.3, 0.4) is 0 Å². The van der Waals surface area contributed by atoms with Gasteiger partial charge in [0.2, 0.25) is 5.91 Å². The molecule has 1 unspecified atom stereocenters. The number of aliphatic hydroxyl groups excluding tert-OH is 1. The van der Waals surface area contributed by atoms with E-state index in [1.54, 1.807) is 29.3 Å². The van der Waals surface area contributed by atoms with E-state index in [2.05, 4.69) is 20.3 Å². The van der Waals surface area contributed by atoms with Crippen LogP contribution in [0.4, 0.5) is 24.5 Å². The normalized spacial score (nSPS) is 16.6. The third-order valence-electron chi connectivity index (χ3n) is 7.30. The fourth-order valence-corrected chi connectivity index (χ4v) is 5.54. The number of ether oxygens (including phenoxy) is 1. The Morgan fingerprint density at radius 3 is 2.67 bits per heavy atom. The summed E-state index contributed by atoms with van der Waals surface area (Å²) in [6.45, 7) is 2.66. The fourth-order valence-electron chi connectivity index (χ4n) is 5.26. The Morgan fingerprint density at radius 1 is 1.14 bits per heavy atom. The highest BCUT2D eigenvalue weighted by molar-refractivity contribution is 6.33. The van der Waals surface area contributed by atoms with Gasteiger partial charge in [0.15, 0.2) is 5.82 Å². The zero-order valence-electron chi connectivity index (χ0n) is 22.5. The van der Waals surface area contributed by atoms with E-state index in [1.807, 2.05) is 6.92 Å². The van der Waals surface area contributed by atoms with Gasteiger partial charge in [-0.05, 0) is 32.0 Å². The summed E-state index contributed by atoms with van der Waals surface area (Å²) in [6.07, 6.45) is 2.46. The minimum absolute atomic E-state index is 0.0638. The van der Waals surface area contributed by atoms with Crippen molar-refractivity contribution in [3.05, 3.63) is 76.6 Å². The average molecular weight is 597 g/mol. The van der Waals surface area contributed by atoms with Crippen LogP contribution in [0, 0.1) is 18.6 Å². The molecule has 2 aliphatic heterocycles. The number of fused-ring (bicyclic) bond motifs is 3. The zero-order chi connectivity index (χ0) is 29.7. The number of hydrogen-bond acceptors (Lipinski definition) is 8. The second-order valence-electron chi connectivity index (χ2n) is 9.96. The molecule has 1 atom stereocenters. The van der Waals surface area contributed by atoms with Gasteiger partial charge in [-0.1, -0.05) is 11.6 Å². The SMILES string of the molecule is Cc1nc(Oc2ccc(-c3cc4c5c(cnc4cc3F)NC(C)N5C3=C(F)CN(C(=O)CO)CC3)c(Cl)c2)ncc1F. The molecule has 0 saturated heterocycles. The number of nitrogens with one attached hydrogen (secondary N) is 1. The maximum atomic E-state index is 15.5. The number of pyridine rings is 1. The van der Waals surface area contributed by atoms with Gasteiger partial charge in [0, 0.05) is 41.6 Å². The number of carbonyl (C=O) groups is 1. The Kier molecular flexibility index (Phi) is 7.11. The Bertz CT molecular complexity index is 1790. The van der Waals surface area contributed by atoms with Crippen LogP contribution in [0.25, 0.3) is 22.0 Å². The summed E-state index contributed by atoms with van der Waals surface area (Å²) in [6, 6.07) is 7.50. The minimum atomic E-state index is -0.687. The van der Waals surface area contributed by atoms with Crippen molar-refractivity contribution in [2.24, 2.45) is 0 Å². The first kappa shape index (κ1) is 27.7. The summed E-state index contributed by atoms with van der Waals surface area (Å²) >= 11 is 6.58. The van der Waals surface area contributed by atoms with Gasteiger partial charge in [-0.2, -0.15) is 4.98 Å². The molecule has 216 valence electrons. The van der Waals surface area contributed by atoms with Gasteiger partial charge in [0.25, 0.3) is 0 Å². The van der Waals surface area contributed by atoms with Crippen LogP contribution >= 0.6 is 11.6 Å². The molecule has 0 aliphatic carbocycles. The molecule has 0 spiro atoms. The predicted octanol–water partition coefficient (Wildman–Crippen LogP) is 5.71. The lowest BCUT2D eigenvalue weighted by atomic mass is 10.0. The number of rotatable bonds is 5. The molecule has 6 rings (SSSR count). The largest absolute Gasteiger partial charge is 0.424 e. The summed E-state index contributed by atoms with van der Waals surface area (Å²) in [5.41, 5.74) is 2.73. The smallest absolute Gasteiger partial charge is 0.322 e. The number of aromatic nitrogens is 3. The summed E-state index contributed by atoms with van der Waals surface area (Å²) in [4.78, 5) is 27.2. The number of halogens is 4. The predicted molar refractivity (Wildman–Crippen MR) is 151 cm³/mol. The zero-order valence-corrected chi connectivity index (χ0v) is 23.2. The maximum Gasteiger partial charge on any atom is 0.322 e. The van der Waals surface area contributed by atoms with Crippen LogP contribution in [0.15, 0.2) is 54.2 Å². The van der Waals surface area contributed by atoms with E-state index in [0.717, 1.165) is 6.20 Å². The molecule has 4 aromatic rings. The number of nitrogens with zero attached hydrogens (tertiary/aromatic N) is 5. The molecule has 2 aliphatic rings. The van der Waals surface area contributed by atoms with Crippen molar-refractivity contribution in [3.63, 3.8) is 0 Å². The highest BCUT2D eigenvalue weighted by atomic mass is 35.5. The van der Waals surface area contributed by atoms with Gasteiger partial charge in [-0.25, -0.2) is 18.2 Å². The Hall–Kier alpha value is -4.42. The second kappa shape index (κ2) is 10.8. The van der Waals surface area contributed by atoms with Crippen molar-refractivity contribution in [2.75, 3.05) is 29.9 Å². The van der Waals surface area contributed by atoms with Gasteiger partial charge in [0.1, 0.15) is 30.2 Å². The standard InChI is InChI=1S/C29H24ClF3N6O3/c1-14-22(32)10-35-29(36-14)42-16-3-4-17(20(30)7-16)18-8-19-24(9-21(18)31)34-11-25-28(19)39(15(2)37-25)26-5-6-38(12-23(26)33)27(41)13-40/h3-4,7-11,15,37,40H,5-6,12-13H2,1-2H3. The number of benzene rings is 2. The van der Waals surface area contributed by atoms with Gasteiger partial charge in [-0.3, -0.25) is 9.78 Å². The molecule has 0 radical (unpaired) electrons. The van der Waals surface area contributed by atoms with E-state index in [1.165, 1.54) is 24.0 Å². The first-order valence-corrected chi connectivity index (χ1v) is 13.4. The van der Waals surface area contributed by atoms with E-state index in [-0.39, 0.29) is 53.7 Å². The first-order chi connectivity index (χ1) is 20.1. The van der Waals surface area contributed by atoms with Crippen LogP contribution in [0.5, 0.6) is 11.8 Å². The Balaban J connectivity index is 1.39. The van der Waals surface area contributed by atoms with Crippen molar-refractivity contribution in [1.82, 2.24) is 19.9 Å². The third-order valence-corrected chi connectivity index (χ3v) is 7.61. The first-order valence-electron chi connectivity index (χ1n) is 13.1. The summed E-state index contributed by atoms with van der Waals surface area (Å²) < 4.78 is 50.0. The van der Waals surface area contributed by atoms with Crippen molar-refractivity contribution in [3.8, 4) is 22.9 Å². The molecule has 0 fully saturated rings.